The fraction of sp³-hybridized carbons (Fsp3) is 0.176. The van der Waals surface area contributed by atoms with E-state index in [-0.39, 0.29) is 5.82 Å². The van der Waals surface area contributed by atoms with Crippen molar-refractivity contribution in [3.63, 3.8) is 0 Å². The molecule has 3 aromatic rings. The molecule has 3 rings (SSSR count). The lowest BCUT2D eigenvalue weighted by Crippen LogP contribution is -2.02. The van der Waals surface area contributed by atoms with Gasteiger partial charge in [0.05, 0.1) is 12.2 Å². The maximum atomic E-state index is 13.5. The Morgan fingerprint density at radius 2 is 2.00 bits per heavy atom. The number of benzene rings is 1. The van der Waals surface area contributed by atoms with Crippen molar-refractivity contribution >= 4 is 0 Å². The highest BCUT2D eigenvalue weighted by Gasteiger charge is 2.05. The Balaban J connectivity index is 1.72. The van der Waals surface area contributed by atoms with Crippen molar-refractivity contribution < 1.29 is 9.13 Å². The largest absolute Gasteiger partial charge is 0.437 e. The molecule has 112 valence electrons. The van der Waals surface area contributed by atoms with Crippen LogP contribution >= 0.6 is 0 Å². The highest BCUT2D eigenvalue weighted by Crippen LogP contribution is 2.21. The highest BCUT2D eigenvalue weighted by molar-refractivity contribution is 5.30. The number of ether oxygens (including phenoxy) is 1. The zero-order valence-electron chi connectivity index (χ0n) is 12.5. The number of hydrogen-bond donors (Lipinski definition) is 0. The Labute approximate surface area is 128 Å². The van der Waals surface area contributed by atoms with Crippen LogP contribution in [0, 0.1) is 19.7 Å². The molecule has 1 aromatic carbocycles. The first kappa shape index (κ1) is 14.3. The fourth-order valence-corrected chi connectivity index (χ4v) is 2.09. The van der Waals surface area contributed by atoms with Gasteiger partial charge in [-0.1, -0.05) is 6.07 Å². The number of aryl methyl sites for hydroxylation is 2. The molecule has 2 heterocycles. The van der Waals surface area contributed by atoms with Gasteiger partial charge in [0.2, 0.25) is 5.88 Å². The van der Waals surface area contributed by atoms with Gasteiger partial charge in [0, 0.05) is 24.5 Å². The number of pyridine rings is 1. The number of rotatable bonds is 4. The molecule has 5 heteroatoms. The molecule has 0 amide bonds. The summed E-state index contributed by atoms with van der Waals surface area (Å²) in [7, 11) is 0. The Kier molecular flexibility index (Phi) is 3.87. The maximum absolute atomic E-state index is 13.5. The molecular formula is C17H16FN3O. The smallest absolute Gasteiger partial charge is 0.238 e. The zero-order valence-corrected chi connectivity index (χ0v) is 12.5. The van der Waals surface area contributed by atoms with Gasteiger partial charge in [-0.25, -0.2) is 4.39 Å². The Morgan fingerprint density at radius 1 is 1.14 bits per heavy atom. The molecule has 22 heavy (non-hydrogen) atoms. The molecule has 4 nitrogen and oxygen atoms in total. The van der Waals surface area contributed by atoms with Crippen molar-refractivity contribution in [2.75, 3.05) is 0 Å². The van der Waals surface area contributed by atoms with Crippen LogP contribution in [-0.2, 0) is 6.54 Å². The summed E-state index contributed by atoms with van der Waals surface area (Å²) < 4.78 is 20.8. The summed E-state index contributed by atoms with van der Waals surface area (Å²) in [6, 6.07) is 10.5. The molecule has 0 aliphatic rings. The van der Waals surface area contributed by atoms with E-state index < -0.39 is 0 Å². The molecular weight excluding hydrogens is 281 g/mol. The number of hydrogen-bond acceptors (Lipinski definition) is 3. The van der Waals surface area contributed by atoms with Crippen molar-refractivity contribution in [2.45, 2.75) is 20.4 Å². The van der Waals surface area contributed by atoms with Crippen molar-refractivity contribution in [1.29, 1.82) is 0 Å². The summed E-state index contributed by atoms with van der Waals surface area (Å²) in [5.41, 5.74) is 2.67. The molecule has 0 radical (unpaired) electrons. The summed E-state index contributed by atoms with van der Waals surface area (Å²) in [6.07, 6.45) is 3.59. The third-order valence-electron chi connectivity index (χ3n) is 3.28. The van der Waals surface area contributed by atoms with Crippen LogP contribution in [-0.4, -0.2) is 14.8 Å². The first-order chi connectivity index (χ1) is 10.6. The lowest BCUT2D eigenvalue weighted by molar-refractivity contribution is 0.446. The van der Waals surface area contributed by atoms with E-state index in [1.165, 1.54) is 6.07 Å². The average molecular weight is 297 g/mol. The fourth-order valence-electron chi connectivity index (χ4n) is 2.09. The van der Waals surface area contributed by atoms with Crippen LogP contribution in [0.25, 0.3) is 0 Å². The van der Waals surface area contributed by atoms with Crippen LogP contribution in [0.2, 0.25) is 0 Å². The maximum Gasteiger partial charge on any atom is 0.238 e. The van der Waals surface area contributed by atoms with E-state index in [1.54, 1.807) is 36.0 Å². The van der Waals surface area contributed by atoms with Gasteiger partial charge < -0.3 is 4.74 Å². The predicted octanol–water partition coefficient (Wildman–Crippen LogP) is 3.87. The van der Waals surface area contributed by atoms with Gasteiger partial charge in [-0.2, -0.15) is 0 Å². The van der Waals surface area contributed by atoms with E-state index in [9.17, 15) is 4.39 Å². The Hall–Kier alpha value is -2.69. The molecule has 0 N–H and O–H groups in total. The van der Waals surface area contributed by atoms with Crippen molar-refractivity contribution in [3.8, 4) is 11.6 Å². The van der Waals surface area contributed by atoms with Gasteiger partial charge in [-0.3, -0.25) is 9.67 Å². The molecule has 0 fully saturated rings. The van der Waals surface area contributed by atoms with Gasteiger partial charge in [0.15, 0.2) is 0 Å². The SMILES string of the molecule is Cc1ccnc(Cn2ccc(Oc3ccc(C)c(F)c3)n2)c1. The quantitative estimate of drug-likeness (QED) is 0.734. The zero-order chi connectivity index (χ0) is 15.5. The molecule has 0 bridgehead atoms. The summed E-state index contributed by atoms with van der Waals surface area (Å²) >= 11 is 0. The van der Waals surface area contributed by atoms with Crippen LogP contribution in [0.5, 0.6) is 11.6 Å². The summed E-state index contributed by atoms with van der Waals surface area (Å²) in [6.45, 7) is 4.30. The molecule has 0 aliphatic heterocycles. The third-order valence-corrected chi connectivity index (χ3v) is 3.28. The van der Waals surface area contributed by atoms with Crippen LogP contribution in [0.4, 0.5) is 4.39 Å². The van der Waals surface area contributed by atoms with E-state index in [4.69, 9.17) is 4.74 Å². The topological polar surface area (TPSA) is 39.9 Å². The van der Waals surface area contributed by atoms with Crippen molar-refractivity contribution in [3.05, 3.63) is 71.4 Å². The Morgan fingerprint density at radius 3 is 2.77 bits per heavy atom. The summed E-state index contributed by atoms with van der Waals surface area (Å²) in [5, 5.41) is 4.31. The van der Waals surface area contributed by atoms with E-state index >= 15 is 0 Å². The van der Waals surface area contributed by atoms with Gasteiger partial charge >= 0.3 is 0 Å². The molecule has 0 saturated heterocycles. The first-order valence-electron chi connectivity index (χ1n) is 6.99. The second-order valence-electron chi connectivity index (χ2n) is 5.19. The predicted molar refractivity (Wildman–Crippen MR) is 81.5 cm³/mol. The number of nitrogens with zero attached hydrogens (tertiary/aromatic N) is 3. The van der Waals surface area contributed by atoms with Gasteiger partial charge in [-0.15, -0.1) is 5.10 Å². The molecule has 0 unspecified atom stereocenters. The standard InChI is InChI=1S/C17H16FN3O/c1-12-5-7-19-14(9-12)11-21-8-6-17(20-21)22-15-4-3-13(2)16(18)10-15/h3-10H,11H2,1-2H3. The number of aromatic nitrogens is 3. The van der Waals surface area contributed by atoms with E-state index in [0.29, 0.717) is 23.7 Å². The minimum Gasteiger partial charge on any atom is -0.437 e. The van der Waals surface area contributed by atoms with Crippen LogP contribution in [0.3, 0.4) is 0 Å². The van der Waals surface area contributed by atoms with Crippen molar-refractivity contribution in [1.82, 2.24) is 14.8 Å². The summed E-state index contributed by atoms with van der Waals surface area (Å²) in [5.74, 6) is 0.568. The lowest BCUT2D eigenvalue weighted by Gasteiger charge is -2.04. The van der Waals surface area contributed by atoms with Crippen LogP contribution in [0.15, 0.2) is 48.8 Å². The molecule has 0 saturated carbocycles. The molecule has 2 aromatic heterocycles. The minimum absolute atomic E-state index is 0.291. The van der Waals surface area contributed by atoms with Crippen LogP contribution < -0.4 is 4.74 Å². The molecule has 0 spiro atoms. The first-order valence-corrected chi connectivity index (χ1v) is 6.99. The van der Waals surface area contributed by atoms with Gasteiger partial charge in [0.1, 0.15) is 11.6 Å². The van der Waals surface area contributed by atoms with E-state index in [0.717, 1.165) is 11.3 Å². The normalized spacial score (nSPS) is 10.7. The highest BCUT2D eigenvalue weighted by atomic mass is 19.1. The monoisotopic (exact) mass is 297 g/mol. The van der Waals surface area contributed by atoms with Crippen molar-refractivity contribution in [2.24, 2.45) is 0 Å². The lowest BCUT2D eigenvalue weighted by atomic mass is 10.2. The number of halogens is 1. The van der Waals surface area contributed by atoms with Gasteiger partial charge in [0.25, 0.3) is 0 Å². The summed E-state index contributed by atoms with van der Waals surface area (Å²) in [4.78, 5) is 4.30. The average Bonchev–Trinajstić information content (AvgIpc) is 2.90. The van der Waals surface area contributed by atoms with Crippen LogP contribution in [0.1, 0.15) is 16.8 Å². The molecule has 0 atom stereocenters. The Bertz CT molecular complexity index is 798. The van der Waals surface area contributed by atoms with Gasteiger partial charge in [-0.05, 0) is 43.2 Å². The third kappa shape index (κ3) is 3.31. The second kappa shape index (κ2) is 5.97. The second-order valence-corrected chi connectivity index (χ2v) is 5.19. The minimum atomic E-state index is -0.291. The van der Waals surface area contributed by atoms with E-state index in [1.807, 2.05) is 25.3 Å². The molecule has 0 aliphatic carbocycles. The van der Waals surface area contributed by atoms with E-state index in [2.05, 4.69) is 10.1 Å².